The summed E-state index contributed by atoms with van der Waals surface area (Å²) in [4.78, 5) is 0. The van der Waals surface area contributed by atoms with Crippen LogP contribution in [0.4, 0.5) is 0 Å². The minimum Gasteiger partial charge on any atom is -0.129 e. The van der Waals surface area contributed by atoms with Crippen molar-refractivity contribution in [3.63, 3.8) is 0 Å². The van der Waals surface area contributed by atoms with Gasteiger partial charge in [-0.05, 0) is 42.1 Å². The molecule has 0 heterocycles. The van der Waals surface area contributed by atoms with Gasteiger partial charge < -0.3 is 0 Å². The van der Waals surface area contributed by atoms with Crippen LogP contribution in [0.3, 0.4) is 0 Å². The van der Waals surface area contributed by atoms with Crippen molar-refractivity contribution in [3.8, 4) is 0 Å². The topological polar surface area (TPSA) is 0 Å². The van der Waals surface area contributed by atoms with Gasteiger partial charge in [-0.1, -0.05) is 20.4 Å². The molecule has 0 radical (unpaired) electrons. The number of fused-ring (bicyclic) bond motifs is 2. The second-order valence-corrected chi connectivity index (χ2v) is 4.52. The van der Waals surface area contributed by atoms with Crippen molar-refractivity contribution in [2.24, 2.45) is 17.3 Å². The summed E-state index contributed by atoms with van der Waals surface area (Å²) in [7, 11) is 0. The van der Waals surface area contributed by atoms with E-state index in [-0.39, 0.29) is 0 Å². The van der Waals surface area contributed by atoms with E-state index in [0.717, 1.165) is 11.8 Å². The van der Waals surface area contributed by atoms with Gasteiger partial charge in [0.05, 0.1) is 0 Å². The molecule has 0 unspecified atom stereocenters. The van der Waals surface area contributed by atoms with Gasteiger partial charge in [0, 0.05) is 0 Å². The fraction of sp³-hybridized carbons (Fsp3) is 0.727. The number of allylic oxidation sites excluding steroid dienone is 1. The third kappa shape index (κ3) is 0.765. The molecule has 0 N–H and O–H groups in total. The van der Waals surface area contributed by atoms with Gasteiger partial charge in [0.1, 0.15) is 0 Å². The lowest BCUT2D eigenvalue weighted by molar-refractivity contribution is 0.288. The summed E-state index contributed by atoms with van der Waals surface area (Å²) >= 11 is 0. The number of rotatable bonds is 0. The molecule has 0 aromatic rings. The van der Waals surface area contributed by atoms with Crippen LogP contribution in [-0.4, -0.2) is 0 Å². The van der Waals surface area contributed by atoms with Crippen molar-refractivity contribution in [2.45, 2.75) is 33.1 Å². The van der Waals surface area contributed by atoms with E-state index in [1.807, 2.05) is 0 Å². The number of hydrogen-bond donors (Lipinski definition) is 0. The Labute approximate surface area is 69.0 Å². The zero-order valence-corrected chi connectivity index (χ0v) is 7.48. The normalized spacial score (nSPS) is 39.3. The first-order chi connectivity index (χ1) is 5.16. The maximum atomic E-state index is 3.80. The van der Waals surface area contributed by atoms with Gasteiger partial charge in [-0.3, -0.25) is 0 Å². The maximum absolute atomic E-state index is 3.80. The molecule has 2 atom stereocenters. The van der Waals surface area contributed by atoms with Crippen LogP contribution in [0.1, 0.15) is 33.1 Å². The molecular weight excluding hydrogens is 132 g/mol. The predicted molar refractivity (Wildman–Crippen MR) is 47.3 cm³/mol. The molecule has 2 fully saturated rings. The van der Waals surface area contributed by atoms with E-state index in [1.54, 1.807) is 0 Å². The molecule has 0 nitrogen and oxygen atoms in total. The molecule has 2 bridgehead atoms. The Kier molecular flexibility index (Phi) is 1.32. The molecule has 2 saturated carbocycles. The summed E-state index contributed by atoms with van der Waals surface area (Å²) in [5.41, 5.74) is 5.08. The molecule has 0 amide bonds. The van der Waals surface area contributed by atoms with Gasteiger partial charge in [0.2, 0.25) is 0 Å². The first-order valence-corrected chi connectivity index (χ1v) is 4.56. The molecular formula is C11H16. The van der Waals surface area contributed by atoms with E-state index < -0.39 is 0 Å². The molecule has 0 aliphatic heterocycles. The van der Waals surface area contributed by atoms with Crippen LogP contribution in [0.2, 0.25) is 0 Å². The third-order valence-corrected chi connectivity index (χ3v) is 3.75. The third-order valence-electron chi connectivity index (χ3n) is 3.75. The Hall–Kier alpha value is -0.480. The van der Waals surface area contributed by atoms with Gasteiger partial charge in [0.15, 0.2) is 0 Å². The zero-order valence-electron chi connectivity index (χ0n) is 7.48. The smallest absolute Gasteiger partial charge is 0.00378 e. The Morgan fingerprint density at radius 2 is 2.18 bits per heavy atom. The minimum absolute atomic E-state index is 0.421. The molecule has 0 saturated heterocycles. The van der Waals surface area contributed by atoms with Gasteiger partial charge in [0.25, 0.3) is 0 Å². The summed E-state index contributed by atoms with van der Waals surface area (Å²) in [6.45, 7) is 8.50. The van der Waals surface area contributed by atoms with Crippen LogP contribution >= 0.6 is 0 Å². The van der Waals surface area contributed by atoms with Crippen LogP contribution in [0.15, 0.2) is 17.9 Å². The summed E-state index contributed by atoms with van der Waals surface area (Å²) in [6.07, 6.45) is 4.24. The van der Waals surface area contributed by atoms with Crippen molar-refractivity contribution >= 4 is 0 Å². The number of hydrogen-bond acceptors (Lipinski definition) is 0. The Morgan fingerprint density at radius 3 is 2.55 bits per heavy atom. The fourth-order valence-electron chi connectivity index (χ4n) is 3.02. The van der Waals surface area contributed by atoms with Gasteiger partial charge in [-0.15, -0.1) is 5.73 Å². The molecule has 0 aromatic heterocycles. The second-order valence-electron chi connectivity index (χ2n) is 4.52. The van der Waals surface area contributed by atoms with E-state index in [4.69, 9.17) is 0 Å². The summed E-state index contributed by atoms with van der Waals surface area (Å²) in [5, 5.41) is 0. The maximum Gasteiger partial charge on any atom is -0.00378 e. The molecule has 2 aliphatic carbocycles. The quantitative estimate of drug-likeness (QED) is 0.463. The van der Waals surface area contributed by atoms with E-state index in [9.17, 15) is 0 Å². The zero-order chi connectivity index (χ0) is 8.06. The highest BCUT2D eigenvalue weighted by Crippen LogP contribution is 2.58. The lowest BCUT2D eigenvalue weighted by Gasteiger charge is -2.31. The van der Waals surface area contributed by atoms with Gasteiger partial charge in [-0.2, -0.15) is 0 Å². The van der Waals surface area contributed by atoms with Crippen LogP contribution in [-0.2, 0) is 0 Å². The fourth-order valence-corrected chi connectivity index (χ4v) is 3.02. The second kappa shape index (κ2) is 2.01. The van der Waals surface area contributed by atoms with E-state index in [0.29, 0.717) is 5.41 Å². The summed E-state index contributed by atoms with van der Waals surface area (Å²) in [6, 6.07) is 0. The predicted octanol–water partition coefficient (Wildman–Crippen LogP) is 3.15. The summed E-state index contributed by atoms with van der Waals surface area (Å²) in [5.74, 6) is 1.77. The minimum atomic E-state index is 0.421. The molecule has 0 aromatic carbocycles. The van der Waals surface area contributed by atoms with Crippen molar-refractivity contribution in [1.82, 2.24) is 0 Å². The van der Waals surface area contributed by atoms with Crippen LogP contribution in [0, 0.1) is 17.3 Å². The lowest BCUT2D eigenvalue weighted by atomic mass is 9.73. The van der Waals surface area contributed by atoms with E-state index >= 15 is 0 Å². The first-order valence-electron chi connectivity index (χ1n) is 4.56. The molecule has 11 heavy (non-hydrogen) atoms. The largest absolute Gasteiger partial charge is 0.129 e. The monoisotopic (exact) mass is 148 g/mol. The average molecular weight is 148 g/mol. The summed E-state index contributed by atoms with van der Waals surface area (Å²) < 4.78 is 0. The lowest BCUT2D eigenvalue weighted by Crippen LogP contribution is -2.22. The Morgan fingerprint density at radius 1 is 1.45 bits per heavy atom. The van der Waals surface area contributed by atoms with Crippen molar-refractivity contribution < 1.29 is 0 Å². The Balaban J connectivity index is 2.43. The van der Waals surface area contributed by atoms with E-state index in [1.165, 1.54) is 24.8 Å². The molecule has 2 aliphatic rings. The van der Waals surface area contributed by atoms with Crippen LogP contribution in [0.5, 0.6) is 0 Å². The first kappa shape index (κ1) is 7.18. The standard InChI is InChI=1S/C11H16/c1-4-10-8-5-6-9(7-8)11(10,2)3/h8-9H,1,5-7H2,2-3H3/t8-,9+/m1/s1. The van der Waals surface area contributed by atoms with Crippen LogP contribution < -0.4 is 0 Å². The van der Waals surface area contributed by atoms with Gasteiger partial charge in [-0.25, -0.2) is 0 Å². The van der Waals surface area contributed by atoms with Crippen LogP contribution in [0.25, 0.3) is 0 Å². The highest BCUT2D eigenvalue weighted by atomic mass is 14.5. The highest BCUT2D eigenvalue weighted by Gasteiger charge is 2.48. The van der Waals surface area contributed by atoms with Crippen molar-refractivity contribution in [3.05, 3.63) is 17.9 Å². The molecule has 2 rings (SSSR count). The van der Waals surface area contributed by atoms with Crippen molar-refractivity contribution in [1.29, 1.82) is 0 Å². The van der Waals surface area contributed by atoms with Gasteiger partial charge >= 0.3 is 0 Å². The molecule has 0 heteroatoms. The highest BCUT2D eigenvalue weighted by molar-refractivity contribution is 5.24. The SMILES string of the molecule is C=C=C1[C@@H]2CC[C@@H](C2)C1(C)C. The molecule has 0 spiro atoms. The van der Waals surface area contributed by atoms with E-state index in [2.05, 4.69) is 26.2 Å². The molecule has 60 valence electrons. The van der Waals surface area contributed by atoms with Crippen molar-refractivity contribution in [2.75, 3.05) is 0 Å². The average Bonchev–Trinajstić information content (AvgIpc) is 2.44. The Bertz CT molecular complexity index is 228.